The zero-order chi connectivity index (χ0) is 22.2. The van der Waals surface area contributed by atoms with E-state index >= 15 is 0 Å². The molecule has 1 fully saturated rings. The molecule has 2 N–H and O–H groups in total. The van der Waals surface area contributed by atoms with Crippen molar-refractivity contribution in [2.45, 2.75) is 0 Å². The highest BCUT2D eigenvalue weighted by Crippen LogP contribution is 2.39. The fourth-order valence-corrected chi connectivity index (χ4v) is 2.95. The molecule has 9 nitrogen and oxygen atoms in total. The van der Waals surface area contributed by atoms with E-state index in [4.69, 9.17) is 18.9 Å². The van der Waals surface area contributed by atoms with Crippen LogP contribution in [-0.4, -0.2) is 53.2 Å². The van der Waals surface area contributed by atoms with Crippen molar-refractivity contribution in [2.24, 2.45) is 0 Å². The van der Waals surface area contributed by atoms with Crippen molar-refractivity contribution in [3.8, 4) is 29.1 Å². The van der Waals surface area contributed by atoms with Crippen LogP contribution in [0.3, 0.4) is 0 Å². The minimum absolute atomic E-state index is 0.149. The monoisotopic (exact) mass is 425 g/mol. The van der Waals surface area contributed by atoms with Gasteiger partial charge in [0.1, 0.15) is 6.61 Å². The van der Waals surface area contributed by atoms with Crippen LogP contribution in [0, 0.1) is 11.8 Å². The lowest BCUT2D eigenvalue weighted by atomic mass is 10.2. The number of hydrogen-bond donors (Lipinski definition) is 2. The highest BCUT2D eigenvalue weighted by Gasteiger charge is 2.23. The maximum absolute atomic E-state index is 12.1. The lowest BCUT2D eigenvalue weighted by molar-refractivity contribution is 0.181. The summed E-state index contributed by atoms with van der Waals surface area (Å²) in [6, 6.07) is 10.1. The molecular weight excluding hydrogens is 402 g/mol. The van der Waals surface area contributed by atoms with E-state index in [-0.39, 0.29) is 12.6 Å². The second kappa shape index (κ2) is 10.1. The van der Waals surface area contributed by atoms with Crippen LogP contribution in [0.25, 0.3) is 0 Å². The minimum Gasteiger partial charge on any atom is -0.493 e. The van der Waals surface area contributed by atoms with Gasteiger partial charge in [-0.1, -0.05) is 11.8 Å². The number of nitrogens with one attached hydrogen (secondary N) is 2. The van der Waals surface area contributed by atoms with Gasteiger partial charge in [0.2, 0.25) is 5.75 Å². The molecule has 3 amide bonds. The van der Waals surface area contributed by atoms with Gasteiger partial charge in [-0.05, 0) is 24.3 Å². The summed E-state index contributed by atoms with van der Waals surface area (Å²) in [5.74, 6) is 7.15. The van der Waals surface area contributed by atoms with Crippen LogP contribution in [0.5, 0.6) is 17.2 Å². The zero-order valence-electron chi connectivity index (χ0n) is 17.5. The van der Waals surface area contributed by atoms with Crippen molar-refractivity contribution in [1.29, 1.82) is 0 Å². The number of amides is 3. The number of cyclic esters (lactones) is 1. The standard InChI is InChI=1S/C22H23N3O6/c1-28-18-13-16(14-19(29-2)20(18)30-3)24-21(26)23-10-4-5-15-6-8-17(9-7-15)25-11-12-31-22(25)27/h6-9,13-14H,10-12H2,1-3H3,(H2,23,24,26). The Kier molecular flexibility index (Phi) is 7.06. The number of hydrogen-bond acceptors (Lipinski definition) is 6. The average Bonchev–Trinajstić information content (AvgIpc) is 3.22. The summed E-state index contributed by atoms with van der Waals surface area (Å²) in [6.45, 7) is 1.08. The summed E-state index contributed by atoms with van der Waals surface area (Å²) in [5, 5.41) is 5.36. The van der Waals surface area contributed by atoms with Gasteiger partial charge in [-0.25, -0.2) is 9.59 Å². The molecule has 1 aliphatic rings. The maximum Gasteiger partial charge on any atom is 0.414 e. The summed E-state index contributed by atoms with van der Waals surface area (Å²) in [5.41, 5.74) is 2.01. The predicted molar refractivity (Wildman–Crippen MR) is 115 cm³/mol. The molecule has 3 rings (SSSR count). The third-order valence-electron chi connectivity index (χ3n) is 4.43. The molecule has 0 unspecified atom stereocenters. The fraction of sp³-hybridized carbons (Fsp3) is 0.273. The topological polar surface area (TPSA) is 98.4 Å². The highest BCUT2D eigenvalue weighted by molar-refractivity contribution is 5.90. The van der Waals surface area contributed by atoms with E-state index in [2.05, 4.69) is 22.5 Å². The second-order valence-corrected chi connectivity index (χ2v) is 6.34. The average molecular weight is 425 g/mol. The second-order valence-electron chi connectivity index (χ2n) is 6.34. The Morgan fingerprint density at radius 3 is 2.32 bits per heavy atom. The Morgan fingerprint density at radius 1 is 1.10 bits per heavy atom. The van der Waals surface area contributed by atoms with Crippen LogP contribution in [0.4, 0.5) is 21.0 Å². The molecule has 0 saturated carbocycles. The molecule has 0 atom stereocenters. The SMILES string of the molecule is COc1cc(NC(=O)NCC#Cc2ccc(N3CCOC3=O)cc2)cc(OC)c1OC. The summed E-state index contributed by atoms with van der Waals surface area (Å²) >= 11 is 0. The molecule has 9 heteroatoms. The summed E-state index contributed by atoms with van der Waals surface area (Å²) in [7, 11) is 4.51. The Hall–Kier alpha value is -4.06. The Labute approximate surface area is 180 Å². The lowest BCUT2D eigenvalue weighted by Gasteiger charge is -2.14. The van der Waals surface area contributed by atoms with Crippen molar-refractivity contribution in [1.82, 2.24) is 5.32 Å². The normalized spacial score (nSPS) is 12.4. The van der Waals surface area contributed by atoms with E-state index in [0.29, 0.717) is 36.1 Å². The van der Waals surface area contributed by atoms with E-state index in [1.807, 2.05) is 12.1 Å². The summed E-state index contributed by atoms with van der Waals surface area (Å²) in [4.78, 5) is 25.3. The quantitative estimate of drug-likeness (QED) is 0.691. The van der Waals surface area contributed by atoms with Crippen LogP contribution >= 0.6 is 0 Å². The Balaban J connectivity index is 1.54. The molecule has 1 heterocycles. The smallest absolute Gasteiger partial charge is 0.414 e. The van der Waals surface area contributed by atoms with Crippen LogP contribution in [0.15, 0.2) is 36.4 Å². The van der Waals surface area contributed by atoms with Crippen molar-refractivity contribution >= 4 is 23.5 Å². The first-order valence-electron chi connectivity index (χ1n) is 9.43. The molecule has 162 valence electrons. The number of carbonyl (C=O) groups is 2. The van der Waals surface area contributed by atoms with E-state index < -0.39 is 6.03 Å². The molecule has 2 aromatic rings. The van der Waals surface area contributed by atoms with Crippen LogP contribution < -0.4 is 29.7 Å². The molecule has 1 aliphatic heterocycles. The van der Waals surface area contributed by atoms with Gasteiger partial charge in [0.05, 0.1) is 40.1 Å². The molecule has 0 spiro atoms. The molecule has 0 aromatic heterocycles. The Morgan fingerprint density at radius 2 is 1.77 bits per heavy atom. The largest absolute Gasteiger partial charge is 0.493 e. The molecule has 1 saturated heterocycles. The third kappa shape index (κ3) is 5.30. The highest BCUT2D eigenvalue weighted by atomic mass is 16.6. The van der Waals surface area contributed by atoms with Crippen LogP contribution in [0.2, 0.25) is 0 Å². The molecule has 0 bridgehead atoms. The number of anilines is 2. The number of methoxy groups -OCH3 is 3. The number of nitrogens with zero attached hydrogens (tertiary/aromatic N) is 1. The number of carbonyl (C=O) groups excluding carboxylic acids is 2. The van der Waals surface area contributed by atoms with Gasteiger partial charge in [0.25, 0.3) is 0 Å². The van der Waals surface area contributed by atoms with E-state index in [1.165, 1.54) is 21.3 Å². The molecule has 31 heavy (non-hydrogen) atoms. The number of ether oxygens (including phenoxy) is 4. The molecule has 0 radical (unpaired) electrons. The van der Waals surface area contributed by atoms with Crippen molar-refractivity contribution < 1.29 is 28.5 Å². The van der Waals surface area contributed by atoms with Gasteiger partial charge in [-0.3, -0.25) is 4.90 Å². The number of rotatable bonds is 6. The summed E-state index contributed by atoms with van der Waals surface area (Å²) < 4.78 is 20.7. The van der Waals surface area contributed by atoms with Gasteiger partial charge >= 0.3 is 12.1 Å². The molecule has 2 aromatic carbocycles. The molecule has 0 aliphatic carbocycles. The van der Waals surface area contributed by atoms with E-state index in [1.54, 1.807) is 29.2 Å². The van der Waals surface area contributed by atoms with Crippen LogP contribution in [-0.2, 0) is 4.74 Å². The molecular formula is C22H23N3O6. The van der Waals surface area contributed by atoms with E-state index in [9.17, 15) is 9.59 Å². The van der Waals surface area contributed by atoms with Gasteiger partial charge < -0.3 is 29.6 Å². The third-order valence-corrected chi connectivity index (χ3v) is 4.43. The Bertz CT molecular complexity index is 985. The lowest BCUT2D eigenvalue weighted by Crippen LogP contribution is -2.28. The number of urea groups is 1. The van der Waals surface area contributed by atoms with Gasteiger partial charge in [-0.2, -0.15) is 0 Å². The fourth-order valence-electron chi connectivity index (χ4n) is 2.95. The first-order chi connectivity index (χ1) is 15.0. The number of benzene rings is 2. The van der Waals surface area contributed by atoms with Crippen molar-refractivity contribution in [3.05, 3.63) is 42.0 Å². The van der Waals surface area contributed by atoms with Gasteiger partial charge in [0.15, 0.2) is 11.5 Å². The predicted octanol–water partition coefficient (Wildman–Crippen LogP) is 2.84. The van der Waals surface area contributed by atoms with Crippen LogP contribution in [0.1, 0.15) is 5.56 Å². The van der Waals surface area contributed by atoms with Crippen molar-refractivity contribution in [2.75, 3.05) is 51.2 Å². The first kappa shape index (κ1) is 21.6. The van der Waals surface area contributed by atoms with E-state index in [0.717, 1.165) is 11.3 Å². The van der Waals surface area contributed by atoms with Gasteiger partial charge in [0, 0.05) is 23.4 Å². The van der Waals surface area contributed by atoms with Gasteiger partial charge in [-0.15, -0.1) is 0 Å². The first-order valence-corrected chi connectivity index (χ1v) is 9.43. The summed E-state index contributed by atoms with van der Waals surface area (Å²) in [6.07, 6.45) is -0.346. The zero-order valence-corrected chi connectivity index (χ0v) is 17.5. The van der Waals surface area contributed by atoms with Crippen molar-refractivity contribution in [3.63, 3.8) is 0 Å². The minimum atomic E-state index is -0.425. The maximum atomic E-state index is 12.1.